The van der Waals surface area contributed by atoms with E-state index in [4.69, 9.17) is 5.73 Å². The third kappa shape index (κ3) is 6.71. The van der Waals surface area contributed by atoms with Crippen molar-refractivity contribution in [2.24, 2.45) is 17.6 Å². The molecule has 0 saturated carbocycles. The molecule has 0 spiro atoms. The second kappa shape index (κ2) is 8.44. The van der Waals surface area contributed by atoms with Crippen LogP contribution in [0, 0.1) is 11.8 Å². The number of carbonyl (C=O) groups is 2. The first kappa shape index (κ1) is 15.3. The molecule has 2 unspecified atom stereocenters. The third-order valence-corrected chi connectivity index (χ3v) is 3.69. The molecule has 0 aromatic carbocycles. The van der Waals surface area contributed by atoms with E-state index in [2.05, 4.69) is 5.32 Å². The van der Waals surface area contributed by atoms with Crippen LogP contribution in [0.2, 0.25) is 0 Å². The summed E-state index contributed by atoms with van der Waals surface area (Å²) in [7, 11) is 0. The first-order valence-electron chi connectivity index (χ1n) is 5.63. The van der Waals surface area contributed by atoms with E-state index in [9.17, 15) is 9.59 Å². The van der Waals surface area contributed by atoms with Gasteiger partial charge in [0.05, 0.1) is 0 Å². The number of thioether (sulfide) groups is 1. The zero-order chi connectivity index (χ0) is 12.6. The van der Waals surface area contributed by atoms with Gasteiger partial charge in [0, 0.05) is 29.9 Å². The minimum atomic E-state index is -0.267. The van der Waals surface area contributed by atoms with Crippen LogP contribution < -0.4 is 11.1 Å². The van der Waals surface area contributed by atoms with E-state index in [0.29, 0.717) is 12.3 Å². The Balaban J connectivity index is 3.47. The van der Waals surface area contributed by atoms with Crippen molar-refractivity contribution in [1.29, 1.82) is 0 Å². The molecule has 94 valence electrons. The summed E-state index contributed by atoms with van der Waals surface area (Å²) < 4.78 is 0. The van der Waals surface area contributed by atoms with Gasteiger partial charge in [-0.25, -0.2) is 0 Å². The lowest BCUT2D eigenvalue weighted by atomic mass is 10.1. The van der Waals surface area contributed by atoms with Gasteiger partial charge >= 0.3 is 0 Å². The number of hydrogen-bond donors (Lipinski definition) is 2. The van der Waals surface area contributed by atoms with Gasteiger partial charge in [-0.15, -0.1) is 0 Å². The third-order valence-electron chi connectivity index (χ3n) is 2.46. The molecular weight excluding hydrogens is 224 g/mol. The van der Waals surface area contributed by atoms with E-state index in [1.54, 1.807) is 11.8 Å². The van der Waals surface area contributed by atoms with Crippen molar-refractivity contribution in [2.45, 2.75) is 27.2 Å². The fourth-order valence-electron chi connectivity index (χ4n) is 0.948. The zero-order valence-electron chi connectivity index (χ0n) is 10.3. The van der Waals surface area contributed by atoms with E-state index < -0.39 is 0 Å². The van der Waals surface area contributed by atoms with Crippen LogP contribution in [0.5, 0.6) is 0 Å². The number of rotatable bonds is 8. The molecule has 0 saturated heterocycles. The molecule has 0 heterocycles. The normalized spacial score (nSPS) is 14.2. The Hall–Kier alpha value is -0.710. The molecule has 0 fully saturated rings. The zero-order valence-corrected chi connectivity index (χ0v) is 11.1. The summed E-state index contributed by atoms with van der Waals surface area (Å²) in [5.41, 5.74) is 5.13. The molecule has 0 bridgehead atoms. The largest absolute Gasteiger partial charge is 0.369 e. The lowest BCUT2D eigenvalue weighted by Gasteiger charge is -2.10. The Labute approximate surface area is 102 Å². The molecule has 4 nitrogen and oxygen atoms in total. The molecule has 0 aliphatic heterocycles. The minimum Gasteiger partial charge on any atom is -0.369 e. The number of carbonyl (C=O) groups excluding carboxylic acids is 2. The maximum absolute atomic E-state index is 11.4. The van der Waals surface area contributed by atoms with E-state index >= 15 is 0 Å². The molecule has 0 radical (unpaired) electrons. The monoisotopic (exact) mass is 246 g/mol. The van der Waals surface area contributed by atoms with Crippen molar-refractivity contribution in [3.05, 3.63) is 0 Å². The summed E-state index contributed by atoms with van der Waals surface area (Å²) in [6.45, 7) is 6.37. The van der Waals surface area contributed by atoms with Crippen LogP contribution >= 0.6 is 11.8 Å². The highest BCUT2D eigenvalue weighted by Gasteiger charge is 2.10. The summed E-state index contributed by atoms with van der Waals surface area (Å²) >= 11 is 1.64. The van der Waals surface area contributed by atoms with Crippen LogP contribution in [0.3, 0.4) is 0 Å². The van der Waals surface area contributed by atoms with Crippen LogP contribution in [-0.4, -0.2) is 29.9 Å². The number of hydrogen-bond acceptors (Lipinski definition) is 3. The Morgan fingerprint density at radius 2 is 1.94 bits per heavy atom. The quantitative estimate of drug-likeness (QED) is 0.628. The van der Waals surface area contributed by atoms with Gasteiger partial charge in [-0.3, -0.25) is 9.59 Å². The lowest BCUT2D eigenvalue weighted by Crippen LogP contribution is -2.31. The van der Waals surface area contributed by atoms with E-state index in [-0.39, 0.29) is 23.7 Å². The van der Waals surface area contributed by atoms with Crippen LogP contribution in [0.15, 0.2) is 0 Å². The van der Waals surface area contributed by atoms with Crippen molar-refractivity contribution in [3.63, 3.8) is 0 Å². The van der Waals surface area contributed by atoms with E-state index in [0.717, 1.165) is 12.2 Å². The SMILES string of the molecule is CCC(C)C(=O)NCCSCC(C)C(N)=O. The highest BCUT2D eigenvalue weighted by Crippen LogP contribution is 2.07. The van der Waals surface area contributed by atoms with Crippen molar-refractivity contribution < 1.29 is 9.59 Å². The van der Waals surface area contributed by atoms with Crippen LogP contribution in [0.1, 0.15) is 27.2 Å². The van der Waals surface area contributed by atoms with Crippen molar-refractivity contribution >= 4 is 23.6 Å². The molecule has 2 amide bonds. The first-order valence-corrected chi connectivity index (χ1v) is 6.79. The maximum atomic E-state index is 11.4. The predicted octanol–water partition coefficient (Wildman–Crippen LogP) is 1.00. The summed E-state index contributed by atoms with van der Waals surface area (Å²) in [6, 6.07) is 0. The van der Waals surface area contributed by atoms with Crippen LogP contribution in [0.4, 0.5) is 0 Å². The predicted molar refractivity (Wildman–Crippen MR) is 68.1 cm³/mol. The van der Waals surface area contributed by atoms with Crippen molar-refractivity contribution in [3.8, 4) is 0 Å². The molecule has 3 N–H and O–H groups in total. The second-order valence-electron chi connectivity index (χ2n) is 3.98. The van der Waals surface area contributed by atoms with E-state index in [1.165, 1.54) is 0 Å². The van der Waals surface area contributed by atoms with Gasteiger partial charge in [0.1, 0.15) is 0 Å². The van der Waals surface area contributed by atoms with Gasteiger partial charge < -0.3 is 11.1 Å². The van der Waals surface area contributed by atoms with Crippen molar-refractivity contribution in [2.75, 3.05) is 18.1 Å². The van der Waals surface area contributed by atoms with Gasteiger partial charge in [-0.05, 0) is 6.42 Å². The summed E-state index contributed by atoms with van der Waals surface area (Å²) in [5, 5.41) is 2.86. The number of primary amides is 1. The average molecular weight is 246 g/mol. The standard InChI is InChI=1S/C11H22N2O2S/c1-4-8(2)11(15)13-5-6-16-7-9(3)10(12)14/h8-9H,4-7H2,1-3H3,(H2,12,14)(H,13,15). The van der Waals surface area contributed by atoms with Crippen LogP contribution in [-0.2, 0) is 9.59 Å². The van der Waals surface area contributed by atoms with Gasteiger partial charge in [-0.2, -0.15) is 11.8 Å². The highest BCUT2D eigenvalue weighted by molar-refractivity contribution is 7.99. The summed E-state index contributed by atoms with van der Waals surface area (Å²) in [5.74, 6) is 1.35. The van der Waals surface area contributed by atoms with Crippen LogP contribution in [0.25, 0.3) is 0 Å². The number of nitrogens with two attached hydrogens (primary N) is 1. The fraction of sp³-hybridized carbons (Fsp3) is 0.818. The van der Waals surface area contributed by atoms with Gasteiger partial charge in [0.2, 0.25) is 11.8 Å². The van der Waals surface area contributed by atoms with E-state index in [1.807, 2.05) is 20.8 Å². The smallest absolute Gasteiger partial charge is 0.222 e. The molecule has 0 rings (SSSR count). The summed E-state index contributed by atoms with van der Waals surface area (Å²) in [6.07, 6.45) is 0.859. The fourth-order valence-corrected chi connectivity index (χ4v) is 1.88. The maximum Gasteiger partial charge on any atom is 0.222 e. The lowest BCUT2D eigenvalue weighted by molar-refractivity contribution is -0.124. The van der Waals surface area contributed by atoms with Crippen molar-refractivity contribution in [1.82, 2.24) is 5.32 Å². The Morgan fingerprint density at radius 3 is 2.44 bits per heavy atom. The second-order valence-corrected chi connectivity index (χ2v) is 5.13. The highest BCUT2D eigenvalue weighted by atomic mass is 32.2. The molecule has 0 aliphatic carbocycles. The molecule has 2 atom stereocenters. The van der Waals surface area contributed by atoms with Gasteiger partial charge in [0.25, 0.3) is 0 Å². The molecule has 0 aromatic rings. The molecule has 0 aliphatic rings. The van der Waals surface area contributed by atoms with Gasteiger partial charge in [-0.1, -0.05) is 20.8 Å². The Kier molecular flexibility index (Phi) is 8.07. The first-order chi connectivity index (χ1) is 7.49. The number of nitrogens with one attached hydrogen (secondary N) is 1. The average Bonchev–Trinajstić information content (AvgIpc) is 2.26. The molecule has 0 aromatic heterocycles. The topological polar surface area (TPSA) is 72.2 Å². The molecular formula is C11H22N2O2S. The van der Waals surface area contributed by atoms with Gasteiger partial charge in [0.15, 0.2) is 0 Å². The molecule has 16 heavy (non-hydrogen) atoms. The summed E-state index contributed by atoms with van der Waals surface area (Å²) in [4.78, 5) is 22.1. The number of amides is 2. The minimum absolute atomic E-state index is 0.0783. The molecule has 5 heteroatoms. The Bertz CT molecular complexity index is 234. The Morgan fingerprint density at radius 1 is 1.31 bits per heavy atom.